The number of morpholine rings is 1. The topological polar surface area (TPSA) is 50.4 Å². The smallest absolute Gasteiger partial charge is 0.251 e. The fourth-order valence-corrected chi connectivity index (χ4v) is 3.05. The van der Waals surface area contributed by atoms with Crippen molar-refractivity contribution in [1.82, 2.24) is 10.6 Å². The lowest BCUT2D eigenvalue weighted by atomic mass is 9.84. The largest absolute Gasteiger partial charge is 0.366 e. The number of carbonyl (C=O) groups excluding carboxylic acids is 1. The minimum atomic E-state index is -0.466. The van der Waals surface area contributed by atoms with Crippen LogP contribution in [0.25, 0.3) is 0 Å². The van der Waals surface area contributed by atoms with Gasteiger partial charge in [0.05, 0.1) is 22.2 Å². The molecule has 1 aliphatic rings. The Morgan fingerprint density at radius 1 is 1.36 bits per heavy atom. The predicted octanol–water partition coefficient (Wildman–Crippen LogP) is 3.11. The quantitative estimate of drug-likeness (QED) is 0.862. The number of carbonyl (C=O) groups is 1. The molecule has 0 spiro atoms. The van der Waals surface area contributed by atoms with Gasteiger partial charge in [0.25, 0.3) is 5.91 Å². The van der Waals surface area contributed by atoms with Gasteiger partial charge in [0.15, 0.2) is 0 Å². The molecule has 0 aromatic heterocycles. The molecule has 22 heavy (non-hydrogen) atoms. The highest BCUT2D eigenvalue weighted by Gasteiger charge is 2.34. The van der Waals surface area contributed by atoms with Gasteiger partial charge in [-0.15, -0.1) is 0 Å². The fraction of sp³-hybridized carbons (Fsp3) is 0.562. The molecule has 1 saturated heterocycles. The van der Waals surface area contributed by atoms with E-state index in [1.165, 1.54) is 0 Å². The minimum absolute atomic E-state index is 0.0954. The number of ether oxygens (including phenoxy) is 1. The summed E-state index contributed by atoms with van der Waals surface area (Å²) < 4.78 is 5.53. The highest BCUT2D eigenvalue weighted by Crippen LogP contribution is 2.33. The number of amides is 1. The van der Waals surface area contributed by atoms with Gasteiger partial charge in [0.1, 0.15) is 6.10 Å². The summed E-state index contributed by atoms with van der Waals surface area (Å²) in [5, 5.41) is 7.33. The van der Waals surface area contributed by atoms with E-state index in [0.717, 1.165) is 24.9 Å². The van der Waals surface area contributed by atoms with Crippen molar-refractivity contribution in [2.45, 2.75) is 38.3 Å². The van der Waals surface area contributed by atoms with Crippen molar-refractivity contribution < 1.29 is 9.53 Å². The molecule has 0 bridgehead atoms. The number of hydrogen-bond donors (Lipinski definition) is 2. The van der Waals surface area contributed by atoms with Crippen molar-refractivity contribution in [3.8, 4) is 0 Å². The van der Waals surface area contributed by atoms with Crippen LogP contribution >= 0.6 is 23.2 Å². The highest BCUT2D eigenvalue weighted by atomic mass is 35.5. The third-order valence-electron chi connectivity index (χ3n) is 4.26. The second-order valence-electron chi connectivity index (χ2n) is 5.47. The summed E-state index contributed by atoms with van der Waals surface area (Å²) in [6.07, 6.45) is 1.06. The first-order chi connectivity index (χ1) is 10.5. The maximum Gasteiger partial charge on any atom is 0.251 e. The van der Waals surface area contributed by atoms with Gasteiger partial charge in [0, 0.05) is 13.1 Å². The Balaban J connectivity index is 2.23. The van der Waals surface area contributed by atoms with Gasteiger partial charge >= 0.3 is 0 Å². The van der Waals surface area contributed by atoms with Crippen molar-refractivity contribution in [2.75, 3.05) is 19.7 Å². The van der Waals surface area contributed by atoms with Crippen LogP contribution in [0.15, 0.2) is 18.2 Å². The summed E-state index contributed by atoms with van der Waals surface area (Å²) in [6, 6.07) is 5.52. The maximum absolute atomic E-state index is 12.5. The second-order valence-corrected chi connectivity index (χ2v) is 6.29. The van der Waals surface area contributed by atoms with Crippen LogP contribution in [0.4, 0.5) is 0 Å². The van der Waals surface area contributed by atoms with E-state index in [0.29, 0.717) is 23.2 Å². The van der Waals surface area contributed by atoms with Crippen molar-refractivity contribution in [1.29, 1.82) is 0 Å². The molecule has 1 atom stereocenters. The number of halogens is 2. The van der Waals surface area contributed by atoms with E-state index in [-0.39, 0.29) is 5.91 Å². The first-order valence-corrected chi connectivity index (χ1v) is 8.38. The molecule has 1 fully saturated rings. The molecule has 6 heteroatoms. The molecule has 2 rings (SSSR count). The summed E-state index contributed by atoms with van der Waals surface area (Å²) in [6.45, 7) is 5.97. The number of hydrogen-bond acceptors (Lipinski definition) is 3. The maximum atomic E-state index is 12.5. The van der Waals surface area contributed by atoms with E-state index in [1.807, 2.05) is 26.0 Å². The number of benzene rings is 1. The molecule has 0 saturated carbocycles. The van der Waals surface area contributed by atoms with E-state index in [1.54, 1.807) is 6.07 Å². The third kappa shape index (κ3) is 3.74. The minimum Gasteiger partial charge on any atom is -0.366 e. The Kier molecular flexibility index (Phi) is 6.09. The van der Waals surface area contributed by atoms with E-state index in [4.69, 9.17) is 27.9 Å². The second kappa shape index (κ2) is 7.64. The zero-order chi connectivity index (χ0) is 16.2. The summed E-state index contributed by atoms with van der Waals surface area (Å²) >= 11 is 12.1. The third-order valence-corrected chi connectivity index (χ3v) is 5.00. The Hall–Kier alpha value is -0.810. The average Bonchev–Trinajstić information content (AvgIpc) is 2.56. The van der Waals surface area contributed by atoms with Crippen LogP contribution in [0.2, 0.25) is 10.0 Å². The van der Waals surface area contributed by atoms with Gasteiger partial charge < -0.3 is 15.4 Å². The summed E-state index contributed by atoms with van der Waals surface area (Å²) in [4.78, 5) is 12.5. The van der Waals surface area contributed by atoms with Crippen LogP contribution in [0.5, 0.6) is 0 Å². The molecule has 1 aliphatic heterocycles. The Morgan fingerprint density at radius 3 is 2.64 bits per heavy atom. The molecule has 0 radical (unpaired) electrons. The Morgan fingerprint density at radius 2 is 2.09 bits per heavy atom. The first-order valence-electron chi connectivity index (χ1n) is 7.62. The molecule has 4 nitrogen and oxygen atoms in total. The molecule has 2 N–H and O–H groups in total. The van der Waals surface area contributed by atoms with Gasteiger partial charge in [-0.3, -0.25) is 4.79 Å². The van der Waals surface area contributed by atoms with Gasteiger partial charge in [-0.25, -0.2) is 0 Å². The first kappa shape index (κ1) is 17.5. The van der Waals surface area contributed by atoms with E-state index < -0.39 is 11.6 Å². The molecule has 1 aromatic rings. The molecule has 1 unspecified atom stereocenters. The molecular weight excluding hydrogens is 323 g/mol. The monoisotopic (exact) mass is 344 g/mol. The predicted molar refractivity (Wildman–Crippen MR) is 89.5 cm³/mol. The standard InChI is InChI=1S/C16H22Cl2N2O2/c1-3-16(4-2,11-5-6-12(17)13(18)9-11)20-15(21)14-10-19-7-8-22-14/h5-6,9,14,19H,3-4,7-8,10H2,1-2H3,(H,20,21). The van der Waals surface area contributed by atoms with Crippen LogP contribution in [0.1, 0.15) is 32.3 Å². The van der Waals surface area contributed by atoms with E-state index in [2.05, 4.69) is 10.6 Å². The molecule has 0 aliphatic carbocycles. The van der Waals surface area contributed by atoms with Crippen LogP contribution in [0.3, 0.4) is 0 Å². The van der Waals surface area contributed by atoms with Crippen LogP contribution in [0, 0.1) is 0 Å². The average molecular weight is 345 g/mol. The molecular formula is C16H22Cl2N2O2. The molecule has 1 heterocycles. The Labute approximate surface area is 141 Å². The lowest BCUT2D eigenvalue weighted by molar-refractivity contribution is -0.136. The van der Waals surface area contributed by atoms with Crippen LogP contribution < -0.4 is 10.6 Å². The highest BCUT2D eigenvalue weighted by molar-refractivity contribution is 6.42. The number of nitrogens with one attached hydrogen (secondary N) is 2. The van der Waals surface area contributed by atoms with Gasteiger partial charge in [0.2, 0.25) is 0 Å². The van der Waals surface area contributed by atoms with Crippen molar-refractivity contribution in [3.05, 3.63) is 33.8 Å². The molecule has 122 valence electrons. The van der Waals surface area contributed by atoms with Crippen molar-refractivity contribution in [3.63, 3.8) is 0 Å². The number of rotatable bonds is 5. The lowest BCUT2D eigenvalue weighted by Gasteiger charge is -2.36. The fourth-order valence-electron chi connectivity index (χ4n) is 2.75. The molecule has 1 aromatic carbocycles. The SMILES string of the molecule is CCC(CC)(NC(=O)C1CNCCO1)c1ccc(Cl)c(Cl)c1. The van der Waals surface area contributed by atoms with Crippen LogP contribution in [-0.2, 0) is 15.1 Å². The zero-order valence-corrected chi connectivity index (χ0v) is 14.4. The zero-order valence-electron chi connectivity index (χ0n) is 12.9. The van der Waals surface area contributed by atoms with Gasteiger partial charge in [-0.2, -0.15) is 0 Å². The van der Waals surface area contributed by atoms with Crippen molar-refractivity contribution >= 4 is 29.1 Å². The summed E-state index contributed by atoms with van der Waals surface area (Å²) in [5.41, 5.74) is 0.496. The summed E-state index contributed by atoms with van der Waals surface area (Å²) in [5.74, 6) is -0.0954. The van der Waals surface area contributed by atoms with Crippen LogP contribution in [-0.4, -0.2) is 31.7 Å². The van der Waals surface area contributed by atoms with Gasteiger partial charge in [-0.05, 0) is 30.5 Å². The van der Waals surface area contributed by atoms with E-state index in [9.17, 15) is 4.79 Å². The van der Waals surface area contributed by atoms with Crippen molar-refractivity contribution in [2.24, 2.45) is 0 Å². The summed E-state index contributed by atoms with van der Waals surface area (Å²) in [7, 11) is 0. The van der Waals surface area contributed by atoms with Gasteiger partial charge in [-0.1, -0.05) is 43.1 Å². The molecule has 1 amide bonds. The van der Waals surface area contributed by atoms with E-state index >= 15 is 0 Å². The lowest BCUT2D eigenvalue weighted by Crippen LogP contribution is -2.54. The normalized spacial score (nSPS) is 19.0. The Bertz CT molecular complexity index is 527.